The number of amides is 1. The number of nitrogens with one attached hydrogen (secondary N) is 2. The van der Waals surface area contributed by atoms with Crippen molar-refractivity contribution in [3.63, 3.8) is 0 Å². The maximum absolute atomic E-state index is 12.9. The van der Waals surface area contributed by atoms with Crippen LogP contribution in [0.25, 0.3) is 0 Å². The second-order valence-corrected chi connectivity index (χ2v) is 9.03. The third-order valence-electron chi connectivity index (χ3n) is 6.75. The van der Waals surface area contributed by atoms with Gasteiger partial charge in [0.05, 0.1) is 7.11 Å². The predicted molar refractivity (Wildman–Crippen MR) is 131 cm³/mol. The monoisotopic (exact) mass is 472 g/mol. The summed E-state index contributed by atoms with van der Waals surface area (Å²) in [5.74, 6) is 0.870. The van der Waals surface area contributed by atoms with E-state index >= 15 is 0 Å². The van der Waals surface area contributed by atoms with E-state index in [4.69, 9.17) is 9.47 Å². The van der Waals surface area contributed by atoms with E-state index in [1.807, 2.05) is 12.1 Å². The Labute approximate surface area is 204 Å². The Hall–Kier alpha value is -3.87. The lowest BCUT2D eigenvalue weighted by atomic mass is 9.71. The standard InChI is InChI=1S/C28H28N2O5/c1-34-19-14-10-18(11-15-19)29-25(33)16-35-20-12-8-17(9-13-20)26-27-21(4-2-6-23(27)31)30-22-5-3-7-24(32)28(22)26/h8-15,26,30H,2-7,16H2,1H3,(H,29,33). The van der Waals surface area contributed by atoms with Crippen molar-refractivity contribution < 1.29 is 23.9 Å². The molecule has 1 heterocycles. The number of hydrogen-bond donors (Lipinski definition) is 2. The molecule has 0 fully saturated rings. The van der Waals surface area contributed by atoms with Gasteiger partial charge in [-0.3, -0.25) is 14.4 Å². The van der Waals surface area contributed by atoms with Crippen LogP contribution in [0.4, 0.5) is 5.69 Å². The second kappa shape index (κ2) is 9.78. The van der Waals surface area contributed by atoms with Crippen LogP contribution in [0.3, 0.4) is 0 Å². The number of allylic oxidation sites excluding steroid dienone is 4. The fraction of sp³-hybridized carbons (Fsp3) is 0.321. The average molecular weight is 473 g/mol. The minimum Gasteiger partial charge on any atom is -0.497 e. The van der Waals surface area contributed by atoms with E-state index < -0.39 is 0 Å². The molecule has 2 aromatic carbocycles. The van der Waals surface area contributed by atoms with Gasteiger partial charge in [0.25, 0.3) is 5.91 Å². The first kappa shape index (κ1) is 22.9. The first-order chi connectivity index (χ1) is 17.0. The zero-order valence-corrected chi connectivity index (χ0v) is 19.7. The molecule has 7 heteroatoms. The summed E-state index contributed by atoms with van der Waals surface area (Å²) in [5.41, 5.74) is 4.95. The van der Waals surface area contributed by atoms with Gasteiger partial charge >= 0.3 is 0 Å². The van der Waals surface area contributed by atoms with Gasteiger partial charge in [0, 0.05) is 47.0 Å². The first-order valence-electron chi connectivity index (χ1n) is 12.0. The zero-order valence-electron chi connectivity index (χ0n) is 19.7. The Bertz CT molecular complexity index is 1180. The molecule has 1 aliphatic heterocycles. The van der Waals surface area contributed by atoms with Crippen molar-refractivity contribution in [2.75, 3.05) is 19.0 Å². The molecule has 0 spiro atoms. The van der Waals surface area contributed by atoms with E-state index in [2.05, 4.69) is 10.6 Å². The molecular weight excluding hydrogens is 444 g/mol. The number of anilines is 1. The van der Waals surface area contributed by atoms with E-state index in [0.717, 1.165) is 53.8 Å². The van der Waals surface area contributed by atoms with Gasteiger partial charge in [-0.25, -0.2) is 0 Å². The highest BCUT2D eigenvalue weighted by atomic mass is 16.5. The average Bonchev–Trinajstić information content (AvgIpc) is 2.87. The van der Waals surface area contributed by atoms with Crippen LogP contribution in [0.1, 0.15) is 50.0 Å². The van der Waals surface area contributed by atoms with E-state index in [9.17, 15) is 14.4 Å². The number of rotatable bonds is 6. The molecule has 2 N–H and O–H groups in total. The minimum absolute atomic E-state index is 0.115. The smallest absolute Gasteiger partial charge is 0.262 e. The van der Waals surface area contributed by atoms with Crippen LogP contribution in [0.5, 0.6) is 11.5 Å². The molecule has 0 saturated heterocycles. The van der Waals surface area contributed by atoms with Crippen LogP contribution in [0.2, 0.25) is 0 Å². The van der Waals surface area contributed by atoms with Crippen LogP contribution >= 0.6 is 0 Å². The van der Waals surface area contributed by atoms with Gasteiger partial charge in [-0.2, -0.15) is 0 Å². The molecule has 3 aliphatic rings. The molecule has 2 aromatic rings. The number of ether oxygens (including phenoxy) is 2. The van der Waals surface area contributed by atoms with Crippen molar-refractivity contribution >= 4 is 23.2 Å². The van der Waals surface area contributed by atoms with Crippen molar-refractivity contribution in [1.82, 2.24) is 5.32 Å². The van der Waals surface area contributed by atoms with Crippen molar-refractivity contribution in [2.24, 2.45) is 0 Å². The number of dihydropyridines is 1. The lowest BCUT2D eigenvalue weighted by Gasteiger charge is -2.37. The molecule has 35 heavy (non-hydrogen) atoms. The summed E-state index contributed by atoms with van der Waals surface area (Å²) in [6.45, 7) is -0.139. The lowest BCUT2D eigenvalue weighted by molar-refractivity contribution is -0.118. The Balaban J connectivity index is 1.31. The van der Waals surface area contributed by atoms with E-state index in [-0.39, 0.29) is 30.0 Å². The lowest BCUT2D eigenvalue weighted by Crippen LogP contribution is -2.36. The van der Waals surface area contributed by atoms with E-state index in [1.54, 1.807) is 43.5 Å². The van der Waals surface area contributed by atoms with Gasteiger partial charge in [-0.1, -0.05) is 12.1 Å². The van der Waals surface area contributed by atoms with Crippen LogP contribution in [-0.4, -0.2) is 31.2 Å². The highest BCUT2D eigenvalue weighted by Crippen LogP contribution is 2.45. The number of carbonyl (C=O) groups excluding carboxylic acids is 3. The Kier molecular flexibility index (Phi) is 6.40. The van der Waals surface area contributed by atoms with Gasteiger partial charge in [0.2, 0.25) is 0 Å². The van der Waals surface area contributed by atoms with Gasteiger partial charge in [0.15, 0.2) is 18.2 Å². The largest absolute Gasteiger partial charge is 0.497 e. The SMILES string of the molecule is COc1ccc(NC(=O)COc2ccc(C3C4=C(CCCC4=O)NC4=C3C(=O)CCC4)cc2)cc1. The second-order valence-electron chi connectivity index (χ2n) is 9.03. The molecule has 7 nitrogen and oxygen atoms in total. The highest BCUT2D eigenvalue weighted by molar-refractivity contribution is 6.06. The quantitative estimate of drug-likeness (QED) is 0.647. The fourth-order valence-electron chi connectivity index (χ4n) is 5.09. The summed E-state index contributed by atoms with van der Waals surface area (Å²) in [6.07, 6.45) is 4.34. The number of ketones is 2. The summed E-state index contributed by atoms with van der Waals surface area (Å²) >= 11 is 0. The topological polar surface area (TPSA) is 93.7 Å². The third kappa shape index (κ3) is 4.71. The number of benzene rings is 2. The first-order valence-corrected chi connectivity index (χ1v) is 12.0. The molecule has 1 amide bonds. The number of carbonyl (C=O) groups is 3. The molecule has 0 radical (unpaired) electrons. The van der Waals surface area contributed by atoms with Gasteiger partial charge in [0.1, 0.15) is 11.5 Å². The Morgan fingerprint density at radius 2 is 1.43 bits per heavy atom. The highest BCUT2D eigenvalue weighted by Gasteiger charge is 2.40. The molecule has 0 atom stereocenters. The number of methoxy groups -OCH3 is 1. The summed E-state index contributed by atoms with van der Waals surface area (Å²) in [5, 5.41) is 6.21. The summed E-state index contributed by atoms with van der Waals surface area (Å²) in [6, 6.07) is 14.4. The maximum Gasteiger partial charge on any atom is 0.262 e. The molecule has 180 valence electrons. The van der Waals surface area contributed by atoms with E-state index in [1.165, 1.54) is 0 Å². The van der Waals surface area contributed by atoms with E-state index in [0.29, 0.717) is 30.0 Å². The van der Waals surface area contributed by atoms with Gasteiger partial charge in [-0.05, 0) is 67.6 Å². The Morgan fingerprint density at radius 3 is 2.00 bits per heavy atom. The van der Waals surface area contributed by atoms with Crippen molar-refractivity contribution in [3.05, 3.63) is 76.6 Å². The predicted octanol–water partition coefficient (Wildman–Crippen LogP) is 4.41. The Morgan fingerprint density at radius 1 is 0.857 bits per heavy atom. The summed E-state index contributed by atoms with van der Waals surface area (Å²) in [7, 11) is 1.59. The normalized spacial score (nSPS) is 18.0. The van der Waals surface area contributed by atoms with Gasteiger partial charge < -0.3 is 20.1 Å². The maximum atomic E-state index is 12.9. The molecule has 0 bridgehead atoms. The molecule has 2 aliphatic carbocycles. The van der Waals surface area contributed by atoms with Crippen LogP contribution in [-0.2, 0) is 14.4 Å². The minimum atomic E-state index is -0.339. The number of hydrogen-bond acceptors (Lipinski definition) is 6. The zero-order chi connectivity index (χ0) is 24.4. The summed E-state index contributed by atoms with van der Waals surface area (Å²) < 4.78 is 10.8. The molecule has 5 rings (SSSR count). The third-order valence-corrected chi connectivity index (χ3v) is 6.75. The van der Waals surface area contributed by atoms with Crippen molar-refractivity contribution in [1.29, 1.82) is 0 Å². The molecule has 0 unspecified atom stereocenters. The molecular formula is C28H28N2O5. The number of Topliss-reactive ketones (excluding diaryl/α,β-unsaturated/α-hetero) is 2. The fourth-order valence-corrected chi connectivity index (χ4v) is 5.09. The van der Waals surface area contributed by atoms with Crippen LogP contribution in [0, 0.1) is 0 Å². The molecule has 0 saturated carbocycles. The van der Waals surface area contributed by atoms with Crippen molar-refractivity contribution in [2.45, 2.75) is 44.4 Å². The van der Waals surface area contributed by atoms with Gasteiger partial charge in [-0.15, -0.1) is 0 Å². The molecule has 0 aromatic heterocycles. The van der Waals surface area contributed by atoms with Crippen LogP contribution < -0.4 is 20.1 Å². The summed E-state index contributed by atoms with van der Waals surface area (Å²) in [4.78, 5) is 38.1. The van der Waals surface area contributed by atoms with Crippen molar-refractivity contribution in [3.8, 4) is 11.5 Å². The van der Waals surface area contributed by atoms with Crippen LogP contribution in [0.15, 0.2) is 71.1 Å².